The molecule has 3 aromatic rings. The van der Waals surface area contributed by atoms with Gasteiger partial charge in [-0.15, -0.1) is 11.8 Å². The maximum absolute atomic E-state index is 13.1. The van der Waals surface area contributed by atoms with E-state index in [1.807, 2.05) is 43.3 Å². The van der Waals surface area contributed by atoms with Crippen LogP contribution in [0.3, 0.4) is 0 Å². The Morgan fingerprint density at radius 1 is 1.21 bits per heavy atom. The number of hydrogen-bond acceptors (Lipinski definition) is 5. The number of para-hydroxylation sites is 1. The van der Waals surface area contributed by atoms with E-state index >= 15 is 0 Å². The van der Waals surface area contributed by atoms with Crippen LogP contribution in [0.25, 0.3) is 10.2 Å². The Bertz CT molecular complexity index is 1080. The fraction of sp³-hybridized carbons (Fsp3) is 0.286. The number of fused-ring (bicyclic) bond motifs is 2. The Morgan fingerprint density at radius 3 is 2.82 bits per heavy atom. The second-order valence-electron chi connectivity index (χ2n) is 7.17. The molecule has 28 heavy (non-hydrogen) atoms. The van der Waals surface area contributed by atoms with Crippen LogP contribution in [0.1, 0.15) is 24.0 Å². The summed E-state index contributed by atoms with van der Waals surface area (Å²) in [6.07, 6.45) is 1.22. The van der Waals surface area contributed by atoms with Crippen molar-refractivity contribution in [3.63, 3.8) is 0 Å². The third-order valence-corrected chi connectivity index (χ3v) is 8.04. The van der Waals surface area contributed by atoms with E-state index in [0.717, 1.165) is 27.8 Å². The highest BCUT2D eigenvalue weighted by molar-refractivity contribution is 8.00. The molecule has 1 aromatic heterocycles. The molecule has 7 heteroatoms. The van der Waals surface area contributed by atoms with Gasteiger partial charge in [0.1, 0.15) is 10.9 Å². The summed E-state index contributed by atoms with van der Waals surface area (Å²) >= 11 is 3.17. The molecule has 142 valence electrons. The number of nitrogens with zero attached hydrogens (tertiary/aromatic N) is 2. The molecular weight excluding hydrogens is 390 g/mol. The van der Waals surface area contributed by atoms with Crippen molar-refractivity contribution in [1.29, 1.82) is 0 Å². The van der Waals surface area contributed by atoms with Crippen LogP contribution in [0.4, 0.5) is 5.13 Å². The molecule has 2 amide bonds. The molecule has 0 spiro atoms. The number of aryl methyl sites for hydroxylation is 1. The number of thioether (sulfide) groups is 1. The van der Waals surface area contributed by atoms with Crippen LogP contribution >= 0.6 is 23.1 Å². The van der Waals surface area contributed by atoms with Gasteiger partial charge in [0.25, 0.3) is 0 Å². The van der Waals surface area contributed by atoms with Gasteiger partial charge in [0.2, 0.25) is 11.8 Å². The zero-order valence-corrected chi connectivity index (χ0v) is 17.0. The SMILES string of the molecule is Cc1cccc2sc(NC(=O)[C@H]3CS[C@@]4(c5ccccc5)CCC(=O)N34)nc12. The Kier molecular flexibility index (Phi) is 4.17. The van der Waals surface area contributed by atoms with E-state index in [9.17, 15) is 9.59 Å². The summed E-state index contributed by atoms with van der Waals surface area (Å²) < 4.78 is 1.05. The van der Waals surface area contributed by atoms with Crippen molar-refractivity contribution in [2.75, 3.05) is 11.1 Å². The molecule has 2 atom stereocenters. The van der Waals surface area contributed by atoms with E-state index in [-0.39, 0.29) is 11.8 Å². The van der Waals surface area contributed by atoms with Crippen molar-refractivity contribution in [1.82, 2.24) is 9.88 Å². The quantitative estimate of drug-likeness (QED) is 0.706. The Hall–Kier alpha value is -2.38. The summed E-state index contributed by atoms with van der Waals surface area (Å²) in [4.78, 5) is 31.8. The molecule has 0 bridgehead atoms. The fourth-order valence-electron chi connectivity index (χ4n) is 4.16. The predicted molar refractivity (Wildman–Crippen MR) is 113 cm³/mol. The zero-order valence-electron chi connectivity index (χ0n) is 15.3. The van der Waals surface area contributed by atoms with Gasteiger partial charge < -0.3 is 10.2 Å². The number of aromatic nitrogens is 1. The van der Waals surface area contributed by atoms with Crippen LogP contribution in [0, 0.1) is 6.92 Å². The van der Waals surface area contributed by atoms with Gasteiger partial charge in [-0.3, -0.25) is 9.59 Å². The fourth-order valence-corrected chi connectivity index (χ4v) is 6.76. The third-order valence-electron chi connectivity index (χ3n) is 5.51. The van der Waals surface area contributed by atoms with Crippen LogP contribution in [-0.4, -0.2) is 33.5 Å². The molecule has 5 nitrogen and oxygen atoms in total. The van der Waals surface area contributed by atoms with Crippen molar-refractivity contribution < 1.29 is 9.59 Å². The highest BCUT2D eigenvalue weighted by Gasteiger charge is 2.56. The summed E-state index contributed by atoms with van der Waals surface area (Å²) in [5.74, 6) is 0.488. The summed E-state index contributed by atoms with van der Waals surface area (Å²) in [5, 5.41) is 3.55. The lowest BCUT2D eigenvalue weighted by Crippen LogP contribution is -2.48. The molecule has 0 saturated carbocycles. The Balaban J connectivity index is 1.43. The molecule has 5 rings (SSSR count). The second kappa shape index (κ2) is 6.60. The van der Waals surface area contributed by atoms with Crippen molar-refractivity contribution in [2.45, 2.75) is 30.7 Å². The maximum Gasteiger partial charge on any atom is 0.249 e. The normalized spacial score (nSPS) is 24.0. The average Bonchev–Trinajstić information content (AvgIpc) is 3.37. The molecule has 2 saturated heterocycles. The number of amides is 2. The molecule has 3 heterocycles. The van der Waals surface area contributed by atoms with Crippen molar-refractivity contribution in [2.24, 2.45) is 0 Å². The first-order chi connectivity index (χ1) is 13.6. The first-order valence-corrected chi connectivity index (χ1v) is 11.1. The largest absolute Gasteiger partial charge is 0.311 e. The van der Waals surface area contributed by atoms with Crippen LogP contribution in [0.2, 0.25) is 0 Å². The number of thiazole rings is 1. The number of benzene rings is 2. The molecule has 0 aliphatic carbocycles. The van der Waals surface area contributed by atoms with Crippen molar-refractivity contribution >= 4 is 50.3 Å². The van der Waals surface area contributed by atoms with Gasteiger partial charge in [-0.05, 0) is 30.5 Å². The standard InChI is InChI=1S/C21H19N3O2S2/c1-13-6-5-9-16-18(13)22-20(28-16)23-19(26)15-12-27-21(11-10-17(25)24(15)21)14-7-3-2-4-8-14/h2-9,15H,10-12H2,1H3,(H,22,23,26)/t15-,21-/m1/s1. The lowest BCUT2D eigenvalue weighted by atomic mass is 10.0. The molecule has 2 aliphatic heterocycles. The predicted octanol–water partition coefficient (Wildman–Crippen LogP) is 4.13. The Morgan fingerprint density at radius 2 is 2.04 bits per heavy atom. The minimum Gasteiger partial charge on any atom is -0.311 e. The van der Waals surface area contributed by atoms with Gasteiger partial charge in [0.15, 0.2) is 5.13 Å². The molecular formula is C21H19N3O2S2. The maximum atomic E-state index is 13.1. The van der Waals surface area contributed by atoms with Crippen LogP contribution in [0.5, 0.6) is 0 Å². The smallest absolute Gasteiger partial charge is 0.249 e. The minimum absolute atomic E-state index is 0.0501. The Labute approximate surface area is 171 Å². The van der Waals surface area contributed by atoms with Crippen molar-refractivity contribution in [3.8, 4) is 0 Å². The van der Waals surface area contributed by atoms with E-state index in [0.29, 0.717) is 17.3 Å². The molecule has 2 aliphatic rings. The summed E-state index contributed by atoms with van der Waals surface area (Å²) in [6.45, 7) is 2.01. The molecule has 0 unspecified atom stereocenters. The highest BCUT2D eigenvalue weighted by Crippen LogP contribution is 2.54. The van der Waals surface area contributed by atoms with Gasteiger partial charge in [-0.2, -0.15) is 0 Å². The van der Waals surface area contributed by atoms with E-state index in [1.165, 1.54) is 11.3 Å². The summed E-state index contributed by atoms with van der Waals surface area (Å²) in [7, 11) is 0. The number of hydrogen-bond donors (Lipinski definition) is 1. The van der Waals surface area contributed by atoms with Gasteiger partial charge >= 0.3 is 0 Å². The zero-order chi connectivity index (χ0) is 19.3. The third kappa shape index (κ3) is 2.64. The van der Waals surface area contributed by atoms with E-state index in [2.05, 4.69) is 22.4 Å². The van der Waals surface area contributed by atoms with Crippen molar-refractivity contribution in [3.05, 3.63) is 59.7 Å². The van der Waals surface area contributed by atoms with Crippen LogP contribution < -0.4 is 5.32 Å². The molecule has 2 fully saturated rings. The van der Waals surface area contributed by atoms with Gasteiger partial charge in [-0.1, -0.05) is 53.8 Å². The van der Waals surface area contributed by atoms with Gasteiger partial charge in [0, 0.05) is 12.2 Å². The number of carbonyl (C=O) groups is 2. The monoisotopic (exact) mass is 409 g/mol. The van der Waals surface area contributed by atoms with E-state index < -0.39 is 10.9 Å². The summed E-state index contributed by atoms with van der Waals surface area (Å²) in [6, 6.07) is 15.6. The van der Waals surface area contributed by atoms with Gasteiger partial charge in [-0.25, -0.2) is 4.98 Å². The molecule has 1 N–H and O–H groups in total. The van der Waals surface area contributed by atoms with Crippen LogP contribution in [-0.2, 0) is 14.5 Å². The van der Waals surface area contributed by atoms with Gasteiger partial charge in [0.05, 0.1) is 10.2 Å². The first kappa shape index (κ1) is 17.7. The lowest BCUT2D eigenvalue weighted by Gasteiger charge is -2.33. The minimum atomic E-state index is -0.478. The number of nitrogens with one attached hydrogen (secondary N) is 1. The number of anilines is 1. The lowest BCUT2D eigenvalue weighted by molar-refractivity contribution is -0.136. The topological polar surface area (TPSA) is 62.3 Å². The molecule has 0 radical (unpaired) electrons. The molecule has 2 aromatic carbocycles. The van der Waals surface area contributed by atoms with E-state index in [4.69, 9.17) is 0 Å². The first-order valence-electron chi connectivity index (χ1n) is 9.27. The number of carbonyl (C=O) groups excluding carboxylic acids is 2. The van der Waals surface area contributed by atoms with E-state index in [1.54, 1.807) is 16.7 Å². The number of rotatable bonds is 3. The average molecular weight is 410 g/mol. The van der Waals surface area contributed by atoms with Crippen LogP contribution in [0.15, 0.2) is 48.5 Å². The second-order valence-corrected chi connectivity index (χ2v) is 9.50. The highest BCUT2D eigenvalue weighted by atomic mass is 32.2. The summed E-state index contributed by atoms with van der Waals surface area (Å²) in [5.41, 5.74) is 3.10.